The van der Waals surface area contributed by atoms with Crippen LogP contribution in [0.5, 0.6) is 0 Å². The van der Waals surface area contributed by atoms with Gasteiger partial charge in [-0.2, -0.15) is 0 Å². The van der Waals surface area contributed by atoms with Gasteiger partial charge in [-0.3, -0.25) is 0 Å². The molecule has 1 aliphatic heterocycles. The minimum absolute atomic E-state index is 0.280. The van der Waals surface area contributed by atoms with E-state index in [9.17, 15) is 0 Å². The van der Waals surface area contributed by atoms with E-state index in [2.05, 4.69) is 73.2 Å². The lowest BCUT2D eigenvalue weighted by Gasteiger charge is -2.14. The van der Waals surface area contributed by atoms with E-state index in [0.717, 1.165) is 36.5 Å². The molecule has 0 spiro atoms. The van der Waals surface area contributed by atoms with Crippen molar-refractivity contribution in [2.45, 2.75) is 46.3 Å². The molecule has 2 heterocycles. The molecule has 1 fully saturated rings. The largest absolute Gasteiger partial charge is 0.376 e. The third-order valence-electron chi connectivity index (χ3n) is 5.27. The third-order valence-corrected chi connectivity index (χ3v) is 6.13. The first kappa shape index (κ1) is 18.2. The summed E-state index contributed by atoms with van der Waals surface area (Å²) in [6.45, 7) is 8.16. The Bertz CT molecular complexity index is 992. The fraction of sp³-hybridized carbons (Fsp3) is 0.348. The van der Waals surface area contributed by atoms with Crippen LogP contribution in [0.2, 0.25) is 0 Å². The molecule has 2 aromatic carbocycles. The lowest BCUT2D eigenvalue weighted by atomic mass is 10.0. The van der Waals surface area contributed by atoms with Gasteiger partial charge >= 0.3 is 0 Å². The molecule has 1 unspecified atom stereocenters. The molecule has 4 rings (SSSR count). The highest BCUT2D eigenvalue weighted by Gasteiger charge is 2.19. The predicted molar refractivity (Wildman–Crippen MR) is 113 cm³/mol. The first-order valence-electron chi connectivity index (χ1n) is 9.59. The Labute approximate surface area is 165 Å². The van der Waals surface area contributed by atoms with Crippen molar-refractivity contribution >= 4 is 17.0 Å². The SMILES string of the molecule is Cc1ccc(N=c2scc(-c3ccc(C)c(C)c3)n2CC2CCCO2)cc1. The number of rotatable bonds is 4. The number of hydrogen-bond acceptors (Lipinski definition) is 3. The van der Waals surface area contributed by atoms with Gasteiger partial charge in [-0.15, -0.1) is 11.3 Å². The minimum Gasteiger partial charge on any atom is -0.376 e. The van der Waals surface area contributed by atoms with E-state index >= 15 is 0 Å². The van der Waals surface area contributed by atoms with Gasteiger partial charge < -0.3 is 9.30 Å². The summed E-state index contributed by atoms with van der Waals surface area (Å²) in [7, 11) is 0. The van der Waals surface area contributed by atoms with Crippen LogP contribution in [-0.4, -0.2) is 17.3 Å². The molecule has 4 heteroatoms. The molecule has 0 amide bonds. The number of hydrogen-bond donors (Lipinski definition) is 0. The van der Waals surface area contributed by atoms with E-state index in [1.54, 1.807) is 11.3 Å². The van der Waals surface area contributed by atoms with E-state index in [0.29, 0.717) is 0 Å². The Kier molecular flexibility index (Phi) is 5.28. The molecule has 140 valence electrons. The molecular formula is C23H26N2OS. The summed E-state index contributed by atoms with van der Waals surface area (Å²) in [6.07, 6.45) is 2.56. The van der Waals surface area contributed by atoms with Gasteiger partial charge in [0.1, 0.15) is 0 Å². The second kappa shape index (κ2) is 7.83. The van der Waals surface area contributed by atoms with Gasteiger partial charge in [-0.05, 0) is 68.5 Å². The number of benzene rings is 2. The molecule has 27 heavy (non-hydrogen) atoms. The van der Waals surface area contributed by atoms with Crippen molar-refractivity contribution in [3.05, 3.63) is 69.3 Å². The Morgan fingerprint density at radius 3 is 2.59 bits per heavy atom. The van der Waals surface area contributed by atoms with Gasteiger partial charge in [0, 0.05) is 12.0 Å². The maximum Gasteiger partial charge on any atom is 0.190 e. The first-order chi connectivity index (χ1) is 13.1. The summed E-state index contributed by atoms with van der Waals surface area (Å²) >= 11 is 1.70. The number of aryl methyl sites for hydroxylation is 3. The molecule has 0 N–H and O–H groups in total. The average Bonchev–Trinajstić information content (AvgIpc) is 3.31. The number of aromatic nitrogens is 1. The Hall–Kier alpha value is -2.17. The van der Waals surface area contributed by atoms with Crippen molar-refractivity contribution < 1.29 is 4.74 Å². The molecule has 1 saturated heterocycles. The van der Waals surface area contributed by atoms with Crippen LogP contribution in [0.25, 0.3) is 11.3 Å². The van der Waals surface area contributed by atoms with Crippen LogP contribution < -0.4 is 4.80 Å². The van der Waals surface area contributed by atoms with Gasteiger partial charge in [0.15, 0.2) is 4.80 Å². The Morgan fingerprint density at radius 1 is 1.07 bits per heavy atom. The standard InChI is InChI=1S/C23H26N2OS/c1-16-6-10-20(11-7-16)24-23-25(14-21-5-4-12-26-21)22(15-27-23)19-9-8-17(2)18(3)13-19/h6-11,13,15,21H,4-5,12,14H2,1-3H3. The Morgan fingerprint density at radius 2 is 1.89 bits per heavy atom. The third kappa shape index (κ3) is 4.07. The van der Waals surface area contributed by atoms with Crippen molar-refractivity contribution in [1.29, 1.82) is 0 Å². The molecule has 0 saturated carbocycles. The van der Waals surface area contributed by atoms with Gasteiger partial charge in [0.2, 0.25) is 0 Å². The zero-order valence-electron chi connectivity index (χ0n) is 16.2. The molecule has 3 aromatic rings. The van der Waals surface area contributed by atoms with Crippen molar-refractivity contribution in [1.82, 2.24) is 4.57 Å². The van der Waals surface area contributed by atoms with Crippen molar-refractivity contribution in [2.75, 3.05) is 6.61 Å². The van der Waals surface area contributed by atoms with E-state index < -0.39 is 0 Å². The molecule has 0 bridgehead atoms. The van der Waals surface area contributed by atoms with Crippen molar-refractivity contribution in [2.24, 2.45) is 4.99 Å². The molecule has 3 nitrogen and oxygen atoms in total. The number of nitrogens with zero attached hydrogens (tertiary/aromatic N) is 2. The van der Waals surface area contributed by atoms with E-state index in [4.69, 9.17) is 9.73 Å². The average molecular weight is 379 g/mol. The topological polar surface area (TPSA) is 26.5 Å². The summed E-state index contributed by atoms with van der Waals surface area (Å²) in [5, 5.41) is 2.23. The summed E-state index contributed by atoms with van der Waals surface area (Å²) in [5.74, 6) is 0. The monoisotopic (exact) mass is 378 g/mol. The quantitative estimate of drug-likeness (QED) is 0.584. The van der Waals surface area contributed by atoms with E-state index in [1.807, 2.05) is 0 Å². The van der Waals surface area contributed by atoms with Crippen LogP contribution >= 0.6 is 11.3 Å². The smallest absolute Gasteiger partial charge is 0.190 e. The molecular weight excluding hydrogens is 352 g/mol. The zero-order valence-corrected chi connectivity index (χ0v) is 17.1. The number of ether oxygens (including phenoxy) is 1. The fourth-order valence-corrected chi connectivity index (χ4v) is 4.39. The highest BCUT2D eigenvalue weighted by Crippen LogP contribution is 2.25. The Balaban J connectivity index is 1.79. The van der Waals surface area contributed by atoms with Crippen LogP contribution in [-0.2, 0) is 11.3 Å². The molecule has 1 aromatic heterocycles. The van der Waals surface area contributed by atoms with Crippen molar-refractivity contribution in [3.8, 4) is 11.3 Å². The summed E-state index contributed by atoms with van der Waals surface area (Å²) in [6, 6.07) is 15.1. The second-order valence-corrected chi connectivity index (χ2v) is 8.23. The summed E-state index contributed by atoms with van der Waals surface area (Å²) in [4.78, 5) is 5.97. The maximum atomic E-state index is 5.92. The van der Waals surface area contributed by atoms with Crippen molar-refractivity contribution in [3.63, 3.8) is 0 Å². The molecule has 0 aliphatic carbocycles. The second-order valence-electron chi connectivity index (χ2n) is 7.40. The van der Waals surface area contributed by atoms with Crippen LogP contribution in [0, 0.1) is 20.8 Å². The van der Waals surface area contributed by atoms with E-state index in [1.165, 1.54) is 27.9 Å². The van der Waals surface area contributed by atoms with Crippen LogP contribution in [0.4, 0.5) is 5.69 Å². The van der Waals surface area contributed by atoms with Crippen LogP contribution in [0.1, 0.15) is 29.5 Å². The fourth-order valence-electron chi connectivity index (χ4n) is 3.45. The zero-order chi connectivity index (χ0) is 18.8. The maximum absolute atomic E-state index is 5.92. The first-order valence-corrected chi connectivity index (χ1v) is 10.5. The minimum atomic E-state index is 0.280. The summed E-state index contributed by atoms with van der Waals surface area (Å²) in [5.41, 5.74) is 7.36. The van der Waals surface area contributed by atoms with Gasteiger partial charge in [-0.1, -0.05) is 29.8 Å². The molecule has 1 atom stereocenters. The molecule has 1 aliphatic rings. The van der Waals surface area contributed by atoms with Gasteiger partial charge in [-0.25, -0.2) is 4.99 Å². The highest BCUT2D eigenvalue weighted by atomic mass is 32.1. The normalized spacial score (nSPS) is 17.6. The van der Waals surface area contributed by atoms with Gasteiger partial charge in [0.25, 0.3) is 0 Å². The predicted octanol–water partition coefficient (Wildman–Crippen LogP) is 5.55. The summed E-state index contributed by atoms with van der Waals surface area (Å²) < 4.78 is 8.26. The van der Waals surface area contributed by atoms with E-state index in [-0.39, 0.29) is 6.10 Å². The lowest BCUT2D eigenvalue weighted by Crippen LogP contribution is -2.24. The number of thiazole rings is 1. The van der Waals surface area contributed by atoms with Gasteiger partial charge in [0.05, 0.1) is 24.0 Å². The van der Waals surface area contributed by atoms with Crippen LogP contribution in [0.3, 0.4) is 0 Å². The highest BCUT2D eigenvalue weighted by molar-refractivity contribution is 7.07. The van der Waals surface area contributed by atoms with Crippen LogP contribution in [0.15, 0.2) is 52.8 Å². The lowest BCUT2D eigenvalue weighted by molar-refractivity contribution is 0.0968. The molecule has 0 radical (unpaired) electrons.